The number of esters is 3. The molecule has 0 spiro atoms. The van der Waals surface area contributed by atoms with Crippen molar-refractivity contribution in [2.75, 3.05) is 13.2 Å². The summed E-state index contributed by atoms with van der Waals surface area (Å²) in [5.74, 6) is -0.967. The molecule has 0 aliphatic carbocycles. The Kier molecular flexibility index (Phi) is 41.1. The quantitative estimate of drug-likeness (QED) is 0.0268. The minimum absolute atomic E-state index is 0.0974. The largest absolute Gasteiger partial charge is 0.462 e. The molecule has 0 fully saturated rings. The van der Waals surface area contributed by atoms with Crippen LogP contribution in [0.2, 0.25) is 0 Å². The van der Waals surface area contributed by atoms with Crippen LogP contribution in [-0.2, 0) is 28.6 Å². The van der Waals surface area contributed by atoms with E-state index in [1.165, 1.54) is 51.4 Å². The lowest BCUT2D eigenvalue weighted by Gasteiger charge is -2.18. The van der Waals surface area contributed by atoms with E-state index in [1.54, 1.807) is 0 Å². The van der Waals surface area contributed by atoms with Gasteiger partial charge in [-0.15, -0.1) is 0 Å². The first kappa shape index (κ1) is 51.9. The molecule has 0 radical (unpaired) electrons. The average Bonchev–Trinajstić information content (AvgIpc) is 3.18. The molecule has 6 nitrogen and oxygen atoms in total. The van der Waals surface area contributed by atoms with Gasteiger partial charge in [-0.2, -0.15) is 0 Å². The molecule has 0 aromatic heterocycles. The highest BCUT2D eigenvalue weighted by molar-refractivity contribution is 5.71. The second kappa shape index (κ2) is 43.6. The van der Waals surface area contributed by atoms with Gasteiger partial charge in [0.05, 0.1) is 0 Å². The second-order valence-electron chi connectivity index (χ2n) is 14.6. The van der Waals surface area contributed by atoms with Crippen LogP contribution in [0.25, 0.3) is 0 Å². The lowest BCUT2D eigenvalue weighted by molar-refractivity contribution is -0.167. The normalized spacial score (nSPS) is 12.7. The molecule has 0 saturated heterocycles. The number of hydrogen-bond donors (Lipinski definition) is 0. The van der Waals surface area contributed by atoms with Crippen molar-refractivity contribution < 1.29 is 28.6 Å². The lowest BCUT2D eigenvalue weighted by Crippen LogP contribution is -2.30. The first-order chi connectivity index (χ1) is 27.0. The van der Waals surface area contributed by atoms with E-state index in [0.29, 0.717) is 19.3 Å². The van der Waals surface area contributed by atoms with Gasteiger partial charge < -0.3 is 14.2 Å². The van der Waals surface area contributed by atoms with Crippen LogP contribution in [0.4, 0.5) is 0 Å². The maximum Gasteiger partial charge on any atom is 0.306 e. The van der Waals surface area contributed by atoms with Crippen LogP contribution in [0.15, 0.2) is 72.9 Å². The molecule has 0 amide bonds. The van der Waals surface area contributed by atoms with Crippen molar-refractivity contribution in [3.05, 3.63) is 72.9 Å². The predicted octanol–water partition coefficient (Wildman–Crippen LogP) is 14.3. The Hall–Kier alpha value is -3.15. The molecule has 0 heterocycles. The molecular weight excluding hydrogens is 685 g/mol. The number of carbonyl (C=O) groups excluding carboxylic acids is 3. The van der Waals surface area contributed by atoms with Crippen molar-refractivity contribution >= 4 is 17.9 Å². The zero-order valence-electron chi connectivity index (χ0n) is 35.7. The van der Waals surface area contributed by atoms with Gasteiger partial charge in [-0.05, 0) is 96.3 Å². The van der Waals surface area contributed by atoms with Crippen LogP contribution in [0.3, 0.4) is 0 Å². The number of hydrogen-bond acceptors (Lipinski definition) is 6. The molecule has 6 heteroatoms. The van der Waals surface area contributed by atoms with Crippen molar-refractivity contribution in [2.45, 2.75) is 207 Å². The molecule has 0 aromatic carbocycles. The summed E-state index contributed by atoms with van der Waals surface area (Å²) in [6.07, 6.45) is 53.1. The van der Waals surface area contributed by atoms with Gasteiger partial charge in [0.2, 0.25) is 0 Å². The van der Waals surface area contributed by atoms with Crippen molar-refractivity contribution in [1.29, 1.82) is 0 Å². The van der Waals surface area contributed by atoms with Gasteiger partial charge in [-0.1, -0.05) is 158 Å². The minimum atomic E-state index is -0.797. The topological polar surface area (TPSA) is 78.9 Å². The van der Waals surface area contributed by atoms with Crippen molar-refractivity contribution in [3.63, 3.8) is 0 Å². The summed E-state index contributed by atoms with van der Waals surface area (Å²) in [4.78, 5) is 37.7. The summed E-state index contributed by atoms with van der Waals surface area (Å²) in [6, 6.07) is 0. The van der Waals surface area contributed by atoms with E-state index in [0.717, 1.165) is 109 Å². The van der Waals surface area contributed by atoms with Gasteiger partial charge in [0, 0.05) is 19.3 Å². The van der Waals surface area contributed by atoms with Gasteiger partial charge in [-0.3, -0.25) is 14.4 Å². The van der Waals surface area contributed by atoms with Gasteiger partial charge in [0.25, 0.3) is 0 Å². The van der Waals surface area contributed by atoms with Crippen LogP contribution in [-0.4, -0.2) is 37.2 Å². The highest BCUT2D eigenvalue weighted by atomic mass is 16.6. The zero-order chi connectivity index (χ0) is 40.1. The third kappa shape index (κ3) is 41.8. The Balaban J connectivity index is 4.47. The molecule has 55 heavy (non-hydrogen) atoms. The van der Waals surface area contributed by atoms with E-state index in [4.69, 9.17) is 14.2 Å². The Morgan fingerprint density at radius 2 is 0.709 bits per heavy atom. The fraction of sp³-hybridized carbons (Fsp3) is 0.694. The summed E-state index contributed by atoms with van der Waals surface area (Å²) in [5.41, 5.74) is 0. The Bertz CT molecular complexity index is 1070. The molecule has 314 valence electrons. The van der Waals surface area contributed by atoms with Crippen LogP contribution in [0.5, 0.6) is 0 Å². The van der Waals surface area contributed by atoms with Crippen LogP contribution >= 0.6 is 0 Å². The van der Waals surface area contributed by atoms with E-state index in [-0.39, 0.29) is 31.1 Å². The molecule has 1 atom stereocenters. The zero-order valence-corrected chi connectivity index (χ0v) is 35.7. The molecule has 0 N–H and O–H groups in total. The van der Waals surface area contributed by atoms with Crippen molar-refractivity contribution in [1.82, 2.24) is 0 Å². The van der Waals surface area contributed by atoms with E-state index in [2.05, 4.69) is 93.7 Å². The Morgan fingerprint density at radius 3 is 1.16 bits per heavy atom. The van der Waals surface area contributed by atoms with Crippen LogP contribution < -0.4 is 0 Å². The molecule has 0 unspecified atom stereocenters. The average molecular weight is 767 g/mol. The molecule has 0 aliphatic heterocycles. The Labute approximate surface area is 338 Å². The maximum absolute atomic E-state index is 12.7. The van der Waals surface area contributed by atoms with E-state index >= 15 is 0 Å². The molecule has 0 aliphatic rings. The summed E-state index contributed by atoms with van der Waals surface area (Å²) < 4.78 is 16.6. The van der Waals surface area contributed by atoms with Crippen molar-refractivity contribution in [3.8, 4) is 0 Å². The van der Waals surface area contributed by atoms with Crippen LogP contribution in [0, 0.1) is 0 Å². The first-order valence-corrected chi connectivity index (χ1v) is 22.4. The molecule has 0 rings (SSSR count). The van der Waals surface area contributed by atoms with Gasteiger partial charge in [0.1, 0.15) is 13.2 Å². The summed E-state index contributed by atoms with van der Waals surface area (Å²) in [7, 11) is 0. The lowest BCUT2D eigenvalue weighted by atomic mass is 10.1. The summed E-state index contributed by atoms with van der Waals surface area (Å²) >= 11 is 0. The maximum atomic E-state index is 12.7. The standard InChI is InChI=1S/C49H82O6/c1-4-7-10-13-16-19-22-23-24-25-28-30-33-36-39-42-48(51)54-45-46(55-49(52)43-40-37-34-31-27-21-18-15-12-9-6-3)44-53-47(50)41-38-35-32-29-26-20-17-14-11-8-5-2/h7,10,14-19,23-24,28,30,46H,4-6,8-9,11-13,20-22,25-27,29,31-45H2,1-3H3/b10-7-,17-14-,18-15-,19-16-,24-23-,30-28-/t46-/m0/s1. The molecule has 0 aromatic rings. The smallest absolute Gasteiger partial charge is 0.306 e. The number of unbranched alkanes of at least 4 members (excludes halogenated alkanes) is 16. The number of carbonyl (C=O) groups is 3. The monoisotopic (exact) mass is 767 g/mol. The predicted molar refractivity (Wildman–Crippen MR) is 233 cm³/mol. The SMILES string of the molecule is CC/C=C\C/C=C\C/C=C\C/C=C\CCCCC(=O)OC[C@H](COC(=O)CCCCCCC/C=C\CCCC)OC(=O)CCCCCCC/C=C\CCCC. The number of rotatable bonds is 39. The highest BCUT2D eigenvalue weighted by Crippen LogP contribution is 2.12. The van der Waals surface area contributed by atoms with Gasteiger partial charge in [-0.25, -0.2) is 0 Å². The summed E-state index contributed by atoms with van der Waals surface area (Å²) in [6.45, 7) is 6.37. The highest BCUT2D eigenvalue weighted by Gasteiger charge is 2.19. The van der Waals surface area contributed by atoms with Crippen molar-refractivity contribution in [2.24, 2.45) is 0 Å². The van der Waals surface area contributed by atoms with Gasteiger partial charge >= 0.3 is 17.9 Å². The number of ether oxygens (including phenoxy) is 3. The Morgan fingerprint density at radius 1 is 0.382 bits per heavy atom. The van der Waals surface area contributed by atoms with E-state index in [1.807, 2.05) is 0 Å². The second-order valence-corrected chi connectivity index (χ2v) is 14.6. The minimum Gasteiger partial charge on any atom is -0.462 e. The van der Waals surface area contributed by atoms with E-state index in [9.17, 15) is 14.4 Å². The third-order valence-electron chi connectivity index (χ3n) is 9.16. The van der Waals surface area contributed by atoms with E-state index < -0.39 is 6.10 Å². The number of allylic oxidation sites excluding steroid dienone is 12. The fourth-order valence-corrected chi connectivity index (χ4v) is 5.75. The molecule has 0 bridgehead atoms. The van der Waals surface area contributed by atoms with Crippen LogP contribution in [0.1, 0.15) is 201 Å². The molecular formula is C49H82O6. The first-order valence-electron chi connectivity index (χ1n) is 22.4. The fourth-order valence-electron chi connectivity index (χ4n) is 5.75. The van der Waals surface area contributed by atoms with Gasteiger partial charge in [0.15, 0.2) is 6.10 Å². The molecule has 0 saturated carbocycles. The summed E-state index contributed by atoms with van der Waals surface area (Å²) in [5, 5.41) is 0. The third-order valence-corrected chi connectivity index (χ3v) is 9.16.